The SMILES string of the molecule is CC1(C)OB(c2ccc(OC(Oc3ccc(B4OC(C)(C)C(C)(C)O4)cc3)c3ccc4ccccc4c3)cc2)OC1(C)C. The molecule has 43 heavy (non-hydrogen) atoms. The average molecular weight is 578 g/mol. The molecule has 0 N–H and O–H groups in total. The monoisotopic (exact) mass is 578 g/mol. The third-order valence-corrected chi connectivity index (χ3v) is 9.34. The van der Waals surface area contributed by atoms with E-state index in [0.29, 0.717) is 11.5 Å². The molecule has 0 aromatic heterocycles. The molecule has 6 rings (SSSR count). The third kappa shape index (κ3) is 5.82. The standard InChI is InChI=1S/C35H40B2O6/c1-32(2)33(3,4)41-36(40-32)27-15-19-29(20-16-27)38-31(26-14-13-24-11-9-10-12-25(24)23-26)39-30-21-17-28(18-22-30)37-42-34(5,6)35(7,8)43-37/h9-23,31H,1-8H3. The average Bonchev–Trinajstić information content (AvgIpc) is 3.32. The molecule has 222 valence electrons. The largest absolute Gasteiger partial charge is 0.494 e. The van der Waals surface area contributed by atoms with Gasteiger partial charge in [0, 0.05) is 5.56 Å². The van der Waals surface area contributed by atoms with Crippen LogP contribution >= 0.6 is 0 Å². The Bertz CT molecular complexity index is 1480. The summed E-state index contributed by atoms with van der Waals surface area (Å²) in [4.78, 5) is 0. The van der Waals surface area contributed by atoms with Gasteiger partial charge < -0.3 is 28.1 Å². The summed E-state index contributed by atoms with van der Waals surface area (Å²) in [6.07, 6.45) is -0.685. The zero-order chi connectivity index (χ0) is 30.6. The minimum absolute atomic E-state index is 0.403. The summed E-state index contributed by atoms with van der Waals surface area (Å²) in [5, 5.41) is 2.27. The van der Waals surface area contributed by atoms with Crippen molar-refractivity contribution >= 4 is 35.9 Å². The number of hydrogen-bond acceptors (Lipinski definition) is 6. The number of fused-ring (bicyclic) bond motifs is 1. The quantitative estimate of drug-likeness (QED) is 0.182. The zero-order valence-electron chi connectivity index (χ0n) is 26.3. The molecule has 2 aliphatic heterocycles. The summed E-state index contributed by atoms with van der Waals surface area (Å²) in [6.45, 7) is 16.4. The van der Waals surface area contributed by atoms with Crippen LogP contribution in [-0.2, 0) is 18.6 Å². The van der Waals surface area contributed by atoms with Gasteiger partial charge in [-0.25, -0.2) is 0 Å². The smallest absolute Gasteiger partial charge is 0.451 e. The van der Waals surface area contributed by atoms with Crippen molar-refractivity contribution < 1.29 is 28.1 Å². The van der Waals surface area contributed by atoms with Crippen LogP contribution in [0.4, 0.5) is 0 Å². The van der Waals surface area contributed by atoms with Crippen molar-refractivity contribution in [1.82, 2.24) is 0 Å². The molecule has 2 heterocycles. The Balaban J connectivity index is 1.23. The first-order valence-corrected chi connectivity index (χ1v) is 15.0. The van der Waals surface area contributed by atoms with Gasteiger partial charge in [0.1, 0.15) is 11.5 Å². The van der Waals surface area contributed by atoms with E-state index in [1.807, 2.05) is 66.7 Å². The highest BCUT2D eigenvalue weighted by Crippen LogP contribution is 2.38. The van der Waals surface area contributed by atoms with E-state index in [9.17, 15) is 0 Å². The molecule has 0 radical (unpaired) electrons. The Morgan fingerprint density at radius 2 is 0.884 bits per heavy atom. The van der Waals surface area contributed by atoms with Gasteiger partial charge in [-0.2, -0.15) is 0 Å². The second-order valence-corrected chi connectivity index (χ2v) is 13.5. The van der Waals surface area contributed by atoms with Gasteiger partial charge in [0.2, 0.25) is 0 Å². The summed E-state index contributed by atoms with van der Waals surface area (Å²) in [7, 11) is -0.872. The van der Waals surface area contributed by atoms with Crippen LogP contribution in [0.5, 0.6) is 11.5 Å². The third-order valence-electron chi connectivity index (χ3n) is 9.34. The molecule has 6 nitrogen and oxygen atoms in total. The van der Waals surface area contributed by atoms with Gasteiger partial charge in [-0.1, -0.05) is 60.7 Å². The van der Waals surface area contributed by atoms with Crippen LogP contribution in [0.25, 0.3) is 10.8 Å². The van der Waals surface area contributed by atoms with Crippen molar-refractivity contribution in [2.45, 2.75) is 84.1 Å². The maximum Gasteiger partial charge on any atom is 0.494 e. The molecular weight excluding hydrogens is 538 g/mol. The van der Waals surface area contributed by atoms with E-state index in [2.05, 4.69) is 79.7 Å². The molecule has 4 aromatic carbocycles. The van der Waals surface area contributed by atoms with E-state index in [0.717, 1.165) is 27.3 Å². The van der Waals surface area contributed by atoms with Gasteiger partial charge in [0.05, 0.1) is 22.4 Å². The Morgan fingerprint density at radius 1 is 0.488 bits per heavy atom. The molecule has 0 saturated carbocycles. The highest BCUT2D eigenvalue weighted by molar-refractivity contribution is 6.62. The summed E-state index contributed by atoms with van der Waals surface area (Å²) >= 11 is 0. The van der Waals surface area contributed by atoms with Crippen molar-refractivity contribution in [2.24, 2.45) is 0 Å². The molecular formula is C35H40B2O6. The first-order chi connectivity index (χ1) is 20.2. The predicted molar refractivity (Wildman–Crippen MR) is 172 cm³/mol. The lowest BCUT2D eigenvalue weighted by Gasteiger charge is -2.32. The predicted octanol–water partition coefficient (Wildman–Crippen LogP) is 6.59. The van der Waals surface area contributed by atoms with Crippen LogP contribution in [-0.4, -0.2) is 36.6 Å². The second-order valence-electron chi connectivity index (χ2n) is 13.5. The maximum absolute atomic E-state index is 6.48. The fourth-order valence-corrected chi connectivity index (χ4v) is 5.13. The van der Waals surface area contributed by atoms with E-state index < -0.39 is 42.9 Å². The lowest BCUT2D eigenvalue weighted by Crippen LogP contribution is -2.41. The molecule has 0 unspecified atom stereocenters. The van der Waals surface area contributed by atoms with Crippen molar-refractivity contribution in [1.29, 1.82) is 0 Å². The Morgan fingerprint density at radius 3 is 1.30 bits per heavy atom. The highest BCUT2D eigenvalue weighted by Gasteiger charge is 2.52. The summed E-state index contributed by atoms with van der Waals surface area (Å²) in [6, 6.07) is 30.1. The number of rotatable bonds is 7. The van der Waals surface area contributed by atoms with Gasteiger partial charge in [0.25, 0.3) is 6.29 Å². The number of benzene rings is 4. The van der Waals surface area contributed by atoms with Crippen molar-refractivity contribution in [3.63, 3.8) is 0 Å². The van der Waals surface area contributed by atoms with Crippen LogP contribution in [0, 0.1) is 0 Å². The van der Waals surface area contributed by atoms with Crippen LogP contribution in [0.3, 0.4) is 0 Å². The molecule has 0 atom stereocenters. The maximum atomic E-state index is 6.48. The fourth-order valence-electron chi connectivity index (χ4n) is 5.13. The molecule has 8 heteroatoms. The van der Waals surface area contributed by atoms with Crippen LogP contribution in [0.15, 0.2) is 91.0 Å². The molecule has 0 spiro atoms. The first-order valence-electron chi connectivity index (χ1n) is 15.0. The molecule has 4 aromatic rings. The molecule has 0 amide bonds. The minimum Gasteiger partial charge on any atom is -0.451 e. The minimum atomic E-state index is -0.685. The van der Waals surface area contributed by atoms with E-state index >= 15 is 0 Å². The van der Waals surface area contributed by atoms with Crippen molar-refractivity contribution in [3.8, 4) is 11.5 Å². The Labute approximate surface area is 255 Å². The molecule has 2 fully saturated rings. The zero-order valence-corrected chi connectivity index (χ0v) is 26.3. The fraction of sp³-hybridized carbons (Fsp3) is 0.371. The topological polar surface area (TPSA) is 55.4 Å². The van der Waals surface area contributed by atoms with Gasteiger partial charge in [-0.05, 0) is 107 Å². The highest BCUT2D eigenvalue weighted by atomic mass is 16.7. The van der Waals surface area contributed by atoms with Gasteiger partial charge in [-0.3, -0.25) is 0 Å². The van der Waals surface area contributed by atoms with E-state index in [4.69, 9.17) is 28.1 Å². The van der Waals surface area contributed by atoms with E-state index in [-0.39, 0.29) is 0 Å². The molecule has 2 aliphatic rings. The summed E-state index contributed by atoms with van der Waals surface area (Å²) in [5.74, 6) is 1.35. The van der Waals surface area contributed by atoms with Gasteiger partial charge in [0.15, 0.2) is 0 Å². The van der Waals surface area contributed by atoms with Crippen molar-refractivity contribution in [2.75, 3.05) is 0 Å². The van der Waals surface area contributed by atoms with Crippen LogP contribution in [0.1, 0.15) is 67.2 Å². The Kier molecular flexibility index (Phi) is 7.41. The lowest BCUT2D eigenvalue weighted by molar-refractivity contribution is 0.00395. The normalized spacial score (nSPS) is 20.1. The molecule has 0 aliphatic carbocycles. The number of ether oxygens (including phenoxy) is 2. The van der Waals surface area contributed by atoms with Crippen LogP contribution in [0.2, 0.25) is 0 Å². The summed E-state index contributed by atoms with van der Waals surface area (Å²) < 4.78 is 37.9. The van der Waals surface area contributed by atoms with Gasteiger partial charge in [-0.15, -0.1) is 0 Å². The lowest BCUT2D eigenvalue weighted by atomic mass is 9.79. The number of hydrogen-bond donors (Lipinski definition) is 0. The molecule has 0 bridgehead atoms. The summed E-state index contributed by atoms with van der Waals surface area (Å²) in [5.41, 5.74) is 1.17. The Hall–Kier alpha value is -3.29. The van der Waals surface area contributed by atoms with Crippen molar-refractivity contribution in [3.05, 3.63) is 96.6 Å². The second kappa shape index (κ2) is 10.7. The van der Waals surface area contributed by atoms with E-state index in [1.165, 1.54) is 0 Å². The van der Waals surface area contributed by atoms with E-state index in [1.54, 1.807) is 0 Å². The van der Waals surface area contributed by atoms with Gasteiger partial charge >= 0.3 is 14.2 Å². The van der Waals surface area contributed by atoms with Crippen LogP contribution < -0.4 is 20.4 Å². The molecule has 2 saturated heterocycles. The first kappa shape index (κ1) is 29.8.